The van der Waals surface area contributed by atoms with Crippen LogP contribution < -0.4 is 0 Å². The first-order chi connectivity index (χ1) is 9.43. The molecule has 0 aromatic carbocycles. The van der Waals surface area contributed by atoms with Crippen LogP contribution in [0.15, 0.2) is 43.0 Å². The Balaban J connectivity index is 1.64. The first-order valence-corrected chi connectivity index (χ1v) is 6.83. The molecule has 19 heavy (non-hydrogen) atoms. The largest absolute Gasteiger partial charge is 0.293 e. The van der Waals surface area contributed by atoms with Gasteiger partial charge in [0, 0.05) is 31.3 Å². The summed E-state index contributed by atoms with van der Waals surface area (Å²) in [7, 11) is 0. The van der Waals surface area contributed by atoms with E-state index >= 15 is 0 Å². The highest BCUT2D eigenvalue weighted by Crippen LogP contribution is 2.29. The average Bonchev–Trinajstić information content (AvgIpc) is 2.95. The van der Waals surface area contributed by atoms with E-state index in [1.165, 1.54) is 18.4 Å². The smallest absolute Gasteiger partial charge is 0.145 e. The SMILES string of the molecule is c1cnc(C2CCCN2CCc2ccncc2)nc1. The Hall–Kier alpha value is -1.81. The third-order valence-electron chi connectivity index (χ3n) is 3.68. The van der Waals surface area contributed by atoms with Crippen molar-refractivity contribution in [2.75, 3.05) is 13.1 Å². The summed E-state index contributed by atoms with van der Waals surface area (Å²) in [5, 5.41) is 0. The van der Waals surface area contributed by atoms with Gasteiger partial charge in [0.15, 0.2) is 0 Å². The summed E-state index contributed by atoms with van der Waals surface area (Å²) < 4.78 is 0. The summed E-state index contributed by atoms with van der Waals surface area (Å²) in [5.41, 5.74) is 1.34. The lowest BCUT2D eigenvalue weighted by atomic mass is 10.1. The van der Waals surface area contributed by atoms with Crippen LogP contribution in [0, 0.1) is 0 Å². The highest BCUT2D eigenvalue weighted by atomic mass is 15.2. The van der Waals surface area contributed by atoms with E-state index in [0.29, 0.717) is 6.04 Å². The van der Waals surface area contributed by atoms with Crippen molar-refractivity contribution in [3.8, 4) is 0 Å². The molecule has 1 aliphatic heterocycles. The molecule has 0 aliphatic carbocycles. The summed E-state index contributed by atoms with van der Waals surface area (Å²) in [4.78, 5) is 15.4. The van der Waals surface area contributed by atoms with Crippen LogP contribution in [0.1, 0.15) is 30.3 Å². The number of pyridine rings is 1. The zero-order valence-electron chi connectivity index (χ0n) is 10.9. The molecule has 98 valence electrons. The first kappa shape index (κ1) is 12.2. The Kier molecular flexibility index (Phi) is 3.79. The molecular weight excluding hydrogens is 236 g/mol. The molecule has 1 aliphatic rings. The second-order valence-corrected chi connectivity index (χ2v) is 4.91. The lowest BCUT2D eigenvalue weighted by Gasteiger charge is -2.23. The van der Waals surface area contributed by atoms with Gasteiger partial charge in [0.25, 0.3) is 0 Å². The van der Waals surface area contributed by atoms with Gasteiger partial charge in [-0.2, -0.15) is 0 Å². The van der Waals surface area contributed by atoms with Gasteiger partial charge < -0.3 is 0 Å². The van der Waals surface area contributed by atoms with E-state index in [1.54, 1.807) is 0 Å². The summed E-state index contributed by atoms with van der Waals surface area (Å²) in [6.07, 6.45) is 10.9. The number of likely N-dealkylation sites (tertiary alicyclic amines) is 1. The van der Waals surface area contributed by atoms with E-state index in [0.717, 1.165) is 25.3 Å². The number of rotatable bonds is 4. The van der Waals surface area contributed by atoms with Gasteiger partial charge >= 0.3 is 0 Å². The van der Waals surface area contributed by atoms with Crippen molar-refractivity contribution in [2.24, 2.45) is 0 Å². The van der Waals surface area contributed by atoms with Gasteiger partial charge in [0.05, 0.1) is 6.04 Å². The molecular formula is C15H18N4. The monoisotopic (exact) mass is 254 g/mol. The molecule has 0 saturated carbocycles. The predicted molar refractivity (Wildman–Crippen MR) is 73.5 cm³/mol. The summed E-state index contributed by atoms with van der Waals surface area (Å²) in [6.45, 7) is 2.21. The van der Waals surface area contributed by atoms with Gasteiger partial charge in [-0.3, -0.25) is 9.88 Å². The minimum Gasteiger partial charge on any atom is -0.293 e. The van der Waals surface area contributed by atoms with Crippen molar-refractivity contribution < 1.29 is 0 Å². The van der Waals surface area contributed by atoms with Crippen molar-refractivity contribution in [2.45, 2.75) is 25.3 Å². The molecule has 1 fully saturated rings. The van der Waals surface area contributed by atoms with Crippen molar-refractivity contribution in [3.05, 3.63) is 54.4 Å². The molecule has 1 atom stereocenters. The van der Waals surface area contributed by atoms with Crippen molar-refractivity contribution in [1.82, 2.24) is 19.9 Å². The van der Waals surface area contributed by atoms with E-state index < -0.39 is 0 Å². The molecule has 3 rings (SSSR count). The highest BCUT2D eigenvalue weighted by Gasteiger charge is 2.27. The Morgan fingerprint density at radius 1 is 1.11 bits per heavy atom. The molecule has 4 nitrogen and oxygen atoms in total. The second kappa shape index (κ2) is 5.89. The zero-order chi connectivity index (χ0) is 12.9. The first-order valence-electron chi connectivity index (χ1n) is 6.83. The Bertz CT molecular complexity index is 500. The van der Waals surface area contributed by atoms with Crippen LogP contribution in [-0.4, -0.2) is 32.9 Å². The Morgan fingerprint density at radius 3 is 2.68 bits per heavy atom. The van der Waals surface area contributed by atoms with Crippen LogP contribution in [0.3, 0.4) is 0 Å². The Labute approximate surface area is 113 Å². The molecule has 2 aromatic heterocycles. The number of hydrogen-bond donors (Lipinski definition) is 0. The topological polar surface area (TPSA) is 41.9 Å². The van der Waals surface area contributed by atoms with Crippen LogP contribution in [-0.2, 0) is 6.42 Å². The molecule has 3 heterocycles. The zero-order valence-corrected chi connectivity index (χ0v) is 10.9. The van der Waals surface area contributed by atoms with Gasteiger partial charge in [-0.05, 0) is 49.6 Å². The van der Waals surface area contributed by atoms with Gasteiger partial charge in [-0.25, -0.2) is 9.97 Å². The summed E-state index contributed by atoms with van der Waals surface area (Å²) in [5.74, 6) is 0.967. The van der Waals surface area contributed by atoms with Gasteiger partial charge in [0.1, 0.15) is 5.82 Å². The van der Waals surface area contributed by atoms with E-state index in [2.05, 4.69) is 32.0 Å². The number of hydrogen-bond acceptors (Lipinski definition) is 4. The van der Waals surface area contributed by atoms with Crippen LogP contribution in [0.2, 0.25) is 0 Å². The third kappa shape index (κ3) is 2.96. The maximum Gasteiger partial charge on any atom is 0.145 e. The van der Waals surface area contributed by atoms with Gasteiger partial charge in [-0.15, -0.1) is 0 Å². The van der Waals surface area contributed by atoms with E-state index in [-0.39, 0.29) is 0 Å². The summed E-state index contributed by atoms with van der Waals surface area (Å²) in [6, 6.07) is 6.44. The number of nitrogens with zero attached hydrogens (tertiary/aromatic N) is 4. The van der Waals surface area contributed by atoms with Crippen LogP contribution in [0.25, 0.3) is 0 Å². The fourth-order valence-corrected chi connectivity index (χ4v) is 2.69. The molecule has 0 radical (unpaired) electrons. The lowest BCUT2D eigenvalue weighted by Crippen LogP contribution is -2.26. The van der Waals surface area contributed by atoms with Crippen molar-refractivity contribution in [1.29, 1.82) is 0 Å². The Morgan fingerprint density at radius 2 is 1.89 bits per heavy atom. The van der Waals surface area contributed by atoms with Crippen molar-refractivity contribution in [3.63, 3.8) is 0 Å². The molecule has 0 spiro atoms. The maximum atomic E-state index is 4.40. The normalized spacial score (nSPS) is 19.7. The third-order valence-corrected chi connectivity index (χ3v) is 3.68. The molecule has 1 saturated heterocycles. The van der Waals surface area contributed by atoms with E-state index in [1.807, 2.05) is 30.9 Å². The number of aromatic nitrogens is 3. The molecule has 0 amide bonds. The molecule has 0 bridgehead atoms. The minimum atomic E-state index is 0.392. The molecule has 1 unspecified atom stereocenters. The molecule has 0 N–H and O–H groups in total. The minimum absolute atomic E-state index is 0.392. The van der Waals surface area contributed by atoms with Crippen LogP contribution >= 0.6 is 0 Å². The maximum absolute atomic E-state index is 4.40. The van der Waals surface area contributed by atoms with Crippen molar-refractivity contribution >= 4 is 0 Å². The van der Waals surface area contributed by atoms with E-state index in [4.69, 9.17) is 0 Å². The predicted octanol–water partition coefficient (Wildman–Crippen LogP) is 2.25. The summed E-state index contributed by atoms with van der Waals surface area (Å²) >= 11 is 0. The van der Waals surface area contributed by atoms with Crippen LogP contribution in [0.5, 0.6) is 0 Å². The van der Waals surface area contributed by atoms with E-state index in [9.17, 15) is 0 Å². The average molecular weight is 254 g/mol. The highest BCUT2D eigenvalue weighted by molar-refractivity contribution is 5.10. The quantitative estimate of drug-likeness (QED) is 0.839. The standard InChI is InChI=1S/C15H18N4/c1-3-14(15-17-7-2-8-18-15)19(11-1)12-6-13-4-9-16-10-5-13/h2,4-5,7-10,14H,1,3,6,11-12H2. The lowest BCUT2D eigenvalue weighted by molar-refractivity contribution is 0.251. The molecule has 2 aromatic rings. The fourth-order valence-electron chi connectivity index (χ4n) is 2.69. The van der Waals surface area contributed by atoms with Gasteiger partial charge in [-0.1, -0.05) is 0 Å². The van der Waals surface area contributed by atoms with Crippen LogP contribution in [0.4, 0.5) is 0 Å². The molecule has 4 heteroatoms. The second-order valence-electron chi connectivity index (χ2n) is 4.91. The van der Waals surface area contributed by atoms with Gasteiger partial charge in [0.2, 0.25) is 0 Å². The fraction of sp³-hybridized carbons (Fsp3) is 0.400.